The maximum absolute atomic E-state index is 2.86. The molecule has 2 nitrogen and oxygen atoms in total. The summed E-state index contributed by atoms with van der Waals surface area (Å²) in [6.45, 7) is 15.0. The standard InChI is InChI=1S/C46H94N2/c1-4-7-10-13-16-19-21-22-23-24-25-26-28-31-34-37-40-47-41-43-48(44-42-47)45-46(38-35-32-29-18-15-12-9-6-3)39-36-33-30-27-20-17-14-11-8-5-2/h46H,4-45H2,1-3H3. The Morgan fingerprint density at radius 2 is 0.542 bits per heavy atom. The first-order chi connectivity index (χ1) is 23.8. The van der Waals surface area contributed by atoms with Crippen molar-refractivity contribution in [2.45, 2.75) is 252 Å². The second kappa shape index (κ2) is 38.2. The first kappa shape index (κ1) is 45.9. The molecule has 0 N–H and O–H groups in total. The molecule has 0 aromatic rings. The number of rotatable bonds is 39. The van der Waals surface area contributed by atoms with Crippen molar-refractivity contribution in [2.75, 3.05) is 39.3 Å². The fourth-order valence-corrected chi connectivity index (χ4v) is 8.26. The maximum atomic E-state index is 2.86. The zero-order valence-corrected chi connectivity index (χ0v) is 34.2. The Morgan fingerprint density at radius 1 is 0.292 bits per heavy atom. The van der Waals surface area contributed by atoms with Crippen molar-refractivity contribution in [1.82, 2.24) is 9.80 Å². The van der Waals surface area contributed by atoms with Gasteiger partial charge in [-0.25, -0.2) is 0 Å². The van der Waals surface area contributed by atoms with Gasteiger partial charge >= 0.3 is 0 Å². The Kier molecular flexibility index (Phi) is 36.5. The van der Waals surface area contributed by atoms with E-state index < -0.39 is 0 Å². The summed E-state index contributed by atoms with van der Waals surface area (Å²) >= 11 is 0. The third-order valence-electron chi connectivity index (χ3n) is 11.7. The number of hydrogen-bond acceptors (Lipinski definition) is 2. The molecule has 0 radical (unpaired) electrons. The van der Waals surface area contributed by atoms with Crippen molar-refractivity contribution < 1.29 is 0 Å². The van der Waals surface area contributed by atoms with Crippen LogP contribution in [0.1, 0.15) is 252 Å². The lowest BCUT2D eigenvalue weighted by molar-refractivity contribution is 0.111. The molecule has 1 aliphatic heterocycles. The third kappa shape index (κ3) is 31.9. The van der Waals surface area contributed by atoms with Crippen molar-refractivity contribution in [3.8, 4) is 0 Å². The summed E-state index contributed by atoms with van der Waals surface area (Å²) in [5, 5.41) is 0. The van der Waals surface area contributed by atoms with Crippen LogP contribution in [0.2, 0.25) is 0 Å². The minimum atomic E-state index is 0.950. The molecule has 1 heterocycles. The normalized spacial score (nSPS) is 15.1. The van der Waals surface area contributed by atoms with E-state index in [-0.39, 0.29) is 0 Å². The van der Waals surface area contributed by atoms with Crippen LogP contribution in [-0.4, -0.2) is 49.1 Å². The van der Waals surface area contributed by atoms with E-state index in [1.165, 1.54) is 270 Å². The van der Waals surface area contributed by atoms with Gasteiger partial charge in [-0.15, -0.1) is 0 Å². The predicted molar refractivity (Wildman–Crippen MR) is 220 cm³/mol. The maximum Gasteiger partial charge on any atom is 0.0110 e. The SMILES string of the molecule is CCCCCCCCCCCCCCCCCCN1CCN(CC(CCCCCCCCCC)CCCCCCCCCCCC)CC1. The first-order valence-corrected chi connectivity index (χ1v) is 23.2. The molecule has 48 heavy (non-hydrogen) atoms. The average Bonchev–Trinajstić information content (AvgIpc) is 3.10. The predicted octanol–water partition coefficient (Wildman–Crippen LogP) is 15.3. The number of unbranched alkanes of at least 4 members (excludes halogenated alkanes) is 31. The van der Waals surface area contributed by atoms with Gasteiger partial charge in [-0.2, -0.15) is 0 Å². The highest BCUT2D eigenvalue weighted by molar-refractivity contribution is 4.75. The molecule has 0 aromatic carbocycles. The van der Waals surface area contributed by atoms with Gasteiger partial charge < -0.3 is 9.80 Å². The molecular formula is C46H94N2. The summed E-state index contributed by atoms with van der Waals surface area (Å²) in [5.41, 5.74) is 0. The van der Waals surface area contributed by atoms with Gasteiger partial charge in [0.2, 0.25) is 0 Å². The van der Waals surface area contributed by atoms with Crippen molar-refractivity contribution >= 4 is 0 Å². The topological polar surface area (TPSA) is 6.48 Å². The Bertz CT molecular complexity index is 583. The molecule has 0 amide bonds. The fourth-order valence-electron chi connectivity index (χ4n) is 8.26. The molecule has 0 bridgehead atoms. The molecule has 2 heteroatoms. The second-order valence-electron chi connectivity index (χ2n) is 16.5. The Balaban J connectivity index is 2.09. The smallest absolute Gasteiger partial charge is 0.0110 e. The van der Waals surface area contributed by atoms with Crippen LogP contribution in [0.4, 0.5) is 0 Å². The zero-order valence-electron chi connectivity index (χ0n) is 34.2. The molecular weight excluding hydrogens is 581 g/mol. The quantitative estimate of drug-likeness (QED) is 0.0599. The highest BCUT2D eigenvalue weighted by Crippen LogP contribution is 2.22. The van der Waals surface area contributed by atoms with Gasteiger partial charge in [-0.3, -0.25) is 0 Å². The molecule has 0 aliphatic carbocycles. The van der Waals surface area contributed by atoms with Crippen LogP contribution < -0.4 is 0 Å². The molecule has 1 saturated heterocycles. The molecule has 1 unspecified atom stereocenters. The largest absolute Gasteiger partial charge is 0.301 e. The molecule has 1 fully saturated rings. The lowest BCUT2D eigenvalue weighted by Gasteiger charge is -2.36. The molecule has 0 saturated carbocycles. The molecule has 1 rings (SSSR count). The van der Waals surface area contributed by atoms with Crippen LogP contribution in [0.3, 0.4) is 0 Å². The number of piperazine rings is 1. The van der Waals surface area contributed by atoms with Crippen LogP contribution in [0, 0.1) is 5.92 Å². The second-order valence-corrected chi connectivity index (χ2v) is 16.5. The average molecular weight is 675 g/mol. The lowest BCUT2D eigenvalue weighted by Crippen LogP contribution is -2.47. The number of hydrogen-bond donors (Lipinski definition) is 0. The summed E-state index contributed by atoms with van der Waals surface area (Å²) in [6.07, 6.45) is 52.7. The minimum Gasteiger partial charge on any atom is -0.301 e. The van der Waals surface area contributed by atoms with Crippen LogP contribution in [0.5, 0.6) is 0 Å². The van der Waals surface area contributed by atoms with Gasteiger partial charge in [0.15, 0.2) is 0 Å². The van der Waals surface area contributed by atoms with E-state index in [9.17, 15) is 0 Å². The molecule has 288 valence electrons. The monoisotopic (exact) mass is 675 g/mol. The van der Waals surface area contributed by atoms with Crippen LogP contribution >= 0.6 is 0 Å². The van der Waals surface area contributed by atoms with Crippen molar-refractivity contribution in [3.63, 3.8) is 0 Å². The summed E-state index contributed by atoms with van der Waals surface area (Å²) < 4.78 is 0. The molecule has 1 atom stereocenters. The van der Waals surface area contributed by atoms with E-state index in [2.05, 4.69) is 30.6 Å². The van der Waals surface area contributed by atoms with E-state index in [1.54, 1.807) is 0 Å². The van der Waals surface area contributed by atoms with Crippen molar-refractivity contribution in [3.05, 3.63) is 0 Å². The first-order valence-electron chi connectivity index (χ1n) is 23.2. The third-order valence-corrected chi connectivity index (χ3v) is 11.7. The summed E-state index contributed by atoms with van der Waals surface area (Å²) in [5.74, 6) is 0.950. The van der Waals surface area contributed by atoms with Gasteiger partial charge in [-0.05, 0) is 31.7 Å². The van der Waals surface area contributed by atoms with E-state index >= 15 is 0 Å². The van der Waals surface area contributed by atoms with Crippen LogP contribution in [0.15, 0.2) is 0 Å². The van der Waals surface area contributed by atoms with Crippen LogP contribution in [-0.2, 0) is 0 Å². The highest BCUT2D eigenvalue weighted by Gasteiger charge is 2.20. The fraction of sp³-hybridized carbons (Fsp3) is 1.00. The van der Waals surface area contributed by atoms with Gasteiger partial charge in [0.05, 0.1) is 0 Å². The molecule has 1 aliphatic rings. The Hall–Kier alpha value is -0.0800. The van der Waals surface area contributed by atoms with E-state index in [1.807, 2.05) is 0 Å². The zero-order chi connectivity index (χ0) is 34.4. The van der Waals surface area contributed by atoms with Gasteiger partial charge in [-0.1, -0.05) is 233 Å². The van der Waals surface area contributed by atoms with E-state index in [4.69, 9.17) is 0 Å². The summed E-state index contributed by atoms with van der Waals surface area (Å²) in [6, 6.07) is 0. The lowest BCUT2D eigenvalue weighted by atomic mass is 9.93. The van der Waals surface area contributed by atoms with Crippen LogP contribution in [0.25, 0.3) is 0 Å². The van der Waals surface area contributed by atoms with Crippen molar-refractivity contribution in [1.29, 1.82) is 0 Å². The van der Waals surface area contributed by atoms with E-state index in [0.29, 0.717) is 0 Å². The summed E-state index contributed by atoms with van der Waals surface area (Å²) in [4.78, 5) is 5.64. The van der Waals surface area contributed by atoms with Gasteiger partial charge in [0.25, 0.3) is 0 Å². The van der Waals surface area contributed by atoms with Gasteiger partial charge in [0, 0.05) is 32.7 Å². The molecule has 0 spiro atoms. The minimum absolute atomic E-state index is 0.950. The van der Waals surface area contributed by atoms with Gasteiger partial charge in [0.1, 0.15) is 0 Å². The van der Waals surface area contributed by atoms with Crippen molar-refractivity contribution in [2.24, 2.45) is 5.92 Å². The number of nitrogens with zero attached hydrogens (tertiary/aromatic N) is 2. The highest BCUT2D eigenvalue weighted by atomic mass is 15.3. The Morgan fingerprint density at radius 3 is 0.854 bits per heavy atom. The summed E-state index contributed by atoms with van der Waals surface area (Å²) in [7, 11) is 0. The Labute approximate surface area is 306 Å². The molecule has 0 aromatic heterocycles. The van der Waals surface area contributed by atoms with E-state index in [0.717, 1.165) is 5.92 Å².